The van der Waals surface area contributed by atoms with Crippen LogP contribution in [0.3, 0.4) is 0 Å². The van der Waals surface area contributed by atoms with Gasteiger partial charge < -0.3 is 10.4 Å². The van der Waals surface area contributed by atoms with Crippen LogP contribution in [-0.4, -0.2) is 37.7 Å². The number of carboxylic acid groups (broad SMARTS) is 1. The first-order valence-corrected chi connectivity index (χ1v) is 11.4. The molecule has 2 heterocycles. The number of hydrogen-bond acceptors (Lipinski definition) is 7. The Morgan fingerprint density at radius 1 is 1.13 bits per heavy atom. The van der Waals surface area contributed by atoms with Gasteiger partial charge in [-0.15, -0.1) is 11.3 Å². The standard InChI is InChI=1S/C22H17N3O3S3/c26-18(27)12-25-20(28)17(31-22(25)29)11-16-13-30-21(23-16)24-19(14-7-3-1-4-8-14)15-9-5-2-6-10-15/h1-11,13,19H,12H2,(H,23,24)(H,26,27). The van der Waals surface area contributed by atoms with E-state index in [1.54, 1.807) is 6.08 Å². The number of thiazole rings is 1. The van der Waals surface area contributed by atoms with E-state index in [0.717, 1.165) is 27.8 Å². The molecular weight excluding hydrogens is 450 g/mol. The van der Waals surface area contributed by atoms with Crippen LogP contribution in [-0.2, 0) is 9.59 Å². The van der Waals surface area contributed by atoms with Crippen LogP contribution in [0.2, 0.25) is 0 Å². The van der Waals surface area contributed by atoms with Gasteiger partial charge in [0.1, 0.15) is 10.9 Å². The van der Waals surface area contributed by atoms with Crippen molar-refractivity contribution in [2.75, 3.05) is 11.9 Å². The van der Waals surface area contributed by atoms with E-state index < -0.39 is 18.4 Å². The van der Waals surface area contributed by atoms with Gasteiger partial charge in [-0.25, -0.2) is 4.98 Å². The molecule has 0 bridgehead atoms. The Labute approximate surface area is 192 Å². The molecule has 0 atom stereocenters. The van der Waals surface area contributed by atoms with Gasteiger partial charge in [0.25, 0.3) is 5.91 Å². The Morgan fingerprint density at radius 2 is 1.74 bits per heavy atom. The molecule has 0 saturated carbocycles. The van der Waals surface area contributed by atoms with Crippen molar-refractivity contribution >= 4 is 62.7 Å². The molecular formula is C22H17N3O3S3. The van der Waals surface area contributed by atoms with Gasteiger partial charge in [-0.05, 0) is 17.2 Å². The highest BCUT2D eigenvalue weighted by atomic mass is 32.2. The van der Waals surface area contributed by atoms with Crippen molar-refractivity contribution < 1.29 is 14.7 Å². The van der Waals surface area contributed by atoms with Gasteiger partial charge in [-0.1, -0.05) is 84.6 Å². The van der Waals surface area contributed by atoms with Gasteiger partial charge in [-0.3, -0.25) is 14.5 Å². The fourth-order valence-corrected chi connectivity index (χ4v) is 5.04. The second kappa shape index (κ2) is 9.42. The lowest BCUT2D eigenvalue weighted by molar-refractivity contribution is -0.140. The van der Waals surface area contributed by atoms with Crippen molar-refractivity contribution in [3.05, 3.63) is 87.8 Å². The maximum atomic E-state index is 12.5. The fourth-order valence-electron chi connectivity index (χ4n) is 3.10. The second-order valence-electron chi connectivity index (χ2n) is 6.64. The molecule has 0 aliphatic carbocycles. The van der Waals surface area contributed by atoms with Crippen LogP contribution in [0.4, 0.5) is 5.13 Å². The molecule has 31 heavy (non-hydrogen) atoms. The summed E-state index contributed by atoms with van der Waals surface area (Å²) in [5, 5.41) is 15.0. The SMILES string of the molecule is O=C(O)CN1C(=O)C(=Cc2csc(NC(c3ccccc3)c3ccccc3)n2)SC1=S. The molecule has 1 aliphatic heterocycles. The molecule has 1 aromatic heterocycles. The molecule has 1 fully saturated rings. The molecule has 0 radical (unpaired) electrons. The lowest BCUT2D eigenvalue weighted by atomic mass is 9.99. The lowest BCUT2D eigenvalue weighted by Gasteiger charge is -2.19. The second-order valence-corrected chi connectivity index (χ2v) is 9.17. The van der Waals surface area contributed by atoms with Gasteiger partial charge in [0.05, 0.1) is 16.6 Å². The summed E-state index contributed by atoms with van der Waals surface area (Å²) in [6.45, 7) is -0.443. The van der Waals surface area contributed by atoms with Gasteiger partial charge in [0.2, 0.25) is 0 Å². The largest absolute Gasteiger partial charge is 0.480 e. The van der Waals surface area contributed by atoms with Crippen LogP contribution in [0.1, 0.15) is 22.9 Å². The molecule has 9 heteroatoms. The number of aliphatic carboxylic acids is 1. The van der Waals surface area contributed by atoms with Gasteiger partial charge in [0.15, 0.2) is 5.13 Å². The summed E-state index contributed by atoms with van der Waals surface area (Å²) in [6.07, 6.45) is 1.64. The number of carboxylic acids is 1. The summed E-state index contributed by atoms with van der Waals surface area (Å²) in [5.41, 5.74) is 2.84. The first-order valence-electron chi connectivity index (χ1n) is 9.30. The predicted octanol–water partition coefficient (Wildman–Crippen LogP) is 4.63. The smallest absolute Gasteiger partial charge is 0.323 e. The fraction of sp³-hybridized carbons (Fsp3) is 0.0909. The number of carbonyl (C=O) groups excluding carboxylic acids is 1. The van der Waals surface area contributed by atoms with E-state index in [9.17, 15) is 9.59 Å². The van der Waals surface area contributed by atoms with Crippen LogP contribution in [0.5, 0.6) is 0 Å². The Morgan fingerprint density at radius 3 is 2.32 bits per heavy atom. The van der Waals surface area contributed by atoms with Crippen molar-refractivity contribution in [3.63, 3.8) is 0 Å². The molecule has 1 amide bonds. The molecule has 0 unspecified atom stereocenters. The monoisotopic (exact) mass is 467 g/mol. The number of anilines is 1. The summed E-state index contributed by atoms with van der Waals surface area (Å²) in [4.78, 5) is 29.5. The summed E-state index contributed by atoms with van der Waals surface area (Å²) < 4.78 is 0.237. The molecule has 2 N–H and O–H groups in total. The molecule has 156 valence electrons. The number of carbonyl (C=O) groups is 2. The quantitative estimate of drug-likeness (QED) is 0.387. The highest BCUT2D eigenvalue weighted by Gasteiger charge is 2.33. The maximum absolute atomic E-state index is 12.5. The predicted molar refractivity (Wildman–Crippen MR) is 128 cm³/mol. The van der Waals surface area contributed by atoms with E-state index in [4.69, 9.17) is 17.3 Å². The van der Waals surface area contributed by atoms with Crippen molar-refractivity contribution in [2.24, 2.45) is 0 Å². The van der Waals surface area contributed by atoms with E-state index in [0.29, 0.717) is 15.7 Å². The number of thioether (sulfide) groups is 1. The summed E-state index contributed by atoms with van der Waals surface area (Å²) in [5.74, 6) is -1.52. The molecule has 3 aromatic rings. The van der Waals surface area contributed by atoms with E-state index in [1.165, 1.54) is 11.3 Å². The number of thiocarbonyl (C=S) groups is 1. The first-order chi connectivity index (χ1) is 15.0. The Hall–Kier alpha value is -3.01. The van der Waals surface area contributed by atoms with E-state index >= 15 is 0 Å². The van der Waals surface area contributed by atoms with Gasteiger partial charge in [0, 0.05) is 5.38 Å². The van der Waals surface area contributed by atoms with E-state index in [-0.39, 0.29) is 10.4 Å². The number of rotatable bonds is 7. The lowest BCUT2D eigenvalue weighted by Crippen LogP contribution is -2.33. The summed E-state index contributed by atoms with van der Waals surface area (Å²) in [6, 6.07) is 20.1. The normalized spacial score (nSPS) is 15.1. The van der Waals surface area contributed by atoms with Gasteiger partial charge >= 0.3 is 5.97 Å². The maximum Gasteiger partial charge on any atom is 0.323 e. The number of nitrogens with one attached hydrogen (secondary N) is 1. The van der Waals surface area contributed by atoms with Crippen LogP contribution in [0.15, 0.2) is 70.9 Å². The highest BCUT2D eigenvalue weighted by molar-refractivity contribution is 8.26. The zero-order valence-electron chi connectivity index (χ0n) is 16.1. The Kier molecular flexibility index (Phi) is 6.45. The van der Waals surface area contributed by atoms with Crippen LogP contribution in [0.25, 0.3) is 6.08 Å². The van der Waals surface area contributed by atoms with Crippen LogP contribution < -0.4 is 5.32 Å². The molecule has 1 saturated heterocycles. The third-order valence-electron chi connectivity index (χ3n) is 4.50. The average Bonchev–Trinajstić information content (AvgIpc) is 3.32. The van der Waals surface area contributed by atoms with Crippen molar-refractivity contribution in [2.45, 2.75) is 6.04 Å². The van der Waals surface area contributed by atoms with Crippen molar-refractivity contribution in [1.29, 1.82) is 0 Å². The molecule has 1 aliphatic rings. The number of amides is 1. The third kappa shape index (κ3) is 5.01. The average molecular weight is 468 g/mol. The minimum Gasteiger partial charge on any atom is -0.480 e. The summed E-state index contributed by atoms with van der Waals surface area (Å²) in [7, 11) is 0. The number of benzene rings is 2. The number of hydrogen-bond donors (Lipinski definition) is 2. The minimum atomic E-state index is -1.11. The molecule has 6 nitrogen and oxygen atoms in total. The zero-order valence-corrected chi connectivity index (χ0v) is 18.5. The van der Waals surface area contributed by atoms with Gasteiger partial charge in [-0.2, -0.15) is 0 Å². The third-order valence-corrected chi connectivity index (χ3v) is 6.67. The Balaban J connectivity index is 1.55. The van der Waals surface area contributed by atoms with Crippen molar-refractivity contribution in [1.82, 2.24) is 9.88 Å². The van der Waals surface area contributed by atoms with Crippen LogP contribution in [0, 0.1) is 0 Å². The number of aromatic nitrogens is 1. The zero-order chi connectivity index (χ0) is 21.8. The topological polar surface area (TPSA) is 82.5 Å². The highest BCUT2D eigenvalue weighted by Crippen LogP contribution is 2.34. The minimum absolute atomic E-state index is 0.0739. The van der Waals surface area contributed by atoms with Crippen molar-refractivity contribution in [3.8, 4) is 0 Å². The molecule has 4 rings (SSSR count). The van der Waals surface area contributed by atoms with Crippen LogP contribution >= 0.6 is 35.3 Å². The Bertz CT molecular complexity index is 1110. The van der Waals surface area contributed by atoms with E-state index in [2.05, 4.69) is 34.6 Å². The summed E-state index contributed by atoms with van der Waals surface area (Å²) >= 11 is 7.65. The first kappa shape index (κ1) is 21.2. The van der Waals surface area contributed by atoms with E-state index in [1.807, 2.05) is 41.8 Å². The molecule has 2 aromatic carbocycles. The number of nitrogens with zero attached hydrogens (tertiary/aromatic N) is 2. The molecule has 0 spiro atoms.